The number of rotatable bonds is 9. The van der Waals surface area contributed by atoms with Crippen molar-refractivity contribution in [2.24, 2.45) is 5.92 Å². The Morgan fingerprint density at radius 3 is 2.42 bits per heavy atom. The molecule has 3 rings (SSSR count). The van der Waals surface area contributed by atoms with Gasteiger partial charge in [-0.05, 0) is 44.7 Å². The molecule has 0 saturated heterocycles. The lowest BCUT2D eigenvalue weighted by molar-refractivity contribution is -0.138. The quantitative estimate of drug-likeness (QED) is 0.489. The van der Waals surface area contributed by atoms with Crippen LogP contribution in [0.2, 0.25) is 0 Å². The number of ether oxygens (including phenoxy) is 1. The largest absolute Gasteiger partial charge is 0.497 e. The van der Waals surface area contributed by atoms with Crippen LogP contribution in [0.4, 0.5) is 0 Å². The first kappa shape index (κ1) is 22.8. The summed E-state index contributed by atoms with van der Waals surface area (Å²) in [7, 11) is 1.58. The van der Waals surface area contributed by atoms with E-state index in [0.29, 0.717) is 42.3 Å². The number of methoxy groups -OCH3 is 1. The van der Waals surface area contributed by atoms with Crippen LogP contribution in [-0.2, 0) is 9.59 Å². The highest BCUT2D eigenvalue weighted by atomic mass is 16.5. The molecular formula is C24H33N3O4. The van der Waals surface area contributed by atoms with Gasteiger partial charge in [0.15, 0.2) is 0 Å². The van der Waals surface area contributed by atoms with Crippen LogP contribution < -0.4 is 4.74 Å². The van der Waals surface area contributed by atoms with Crippen molar-refractivity contribution in [3.8, 4) is 5.75 Å². The minimum atomic E-state index is -0.609. The van der Waals surface area contributed by atoms with E-state index < -0.39 is 11.7 Å². The second-order valence-electron chi connectivity index (χ2n) is 8.20. The van der Waals surface area contributed by atoms with Gasteiger partial charge in [-0.15, -0.1) is 0 Å². The van der Waals surface area contributed by atoms with Crippen molar-refractivity contribution in [2.75, 3.05) is 33.3 Å². The molecule has 31 heavy (non-hydrogen) atoms. The number of Topliss-reactive ketones (excluding diaryl/α,β-unsaturated/α-hetero) is 1. The molecule has 1 aliphatic rings. The number of carbonyl (C=O) groups is 3. The lowest BCUT2D eigenvalue weighted by Gasteiger charge is -2.30. The Bertz CT molecular complexity index is 926. The molecule has 0 aliphatic heterocycles. The predicted molar refractivity (Wildman–Crippen MR) is 120 cm³/mol. The number of likely N-dealkylation sites (N-methyl/N-ethyl adjacent to an activating group) is 1. The molecular weight excluding hydrogens is 394 g/mol. The molecule has 0 unspecified atom stereocenters. The van der Waals surface area contributed by atoms with E-state index in [2.05, 4.69) is 4.98 Å². The molecule has 168 valence electrons. The van der Waals surface area contributed by atoms with E-state index in [1.165, 1.54) is 11.3 Å². The smallest absolute Gasteiger partial charge is 0.295 e. The van der Waals surface area contributed by atoms with Crippen LogP contribution >= 0.6 is 0 Å². The number of ketones is 1. The lowest BCUT2D eigenvalue weighted by atomic mass is 9.89. The molecule has 1 N–H and O–H groups in total. The Morgan fingerprint density at radius 2 is 1.77 bits per heavy atom. The van der Waals surface area contributed by atoms with Gasteiger partial charge in [-0.1, -0.05) is 19.3 Å². The van der Waals surface area contributed by atoms with Crippen molar-refractivity contribution in [1.29, 1.82) is 0 Å². The van der Waals surface area contributed by atoms with E-state index in [1.807, 2.05) is 13.8 Å². The van der Waals surface area contributed by atoms with Crippen LogP contribution in [0.5, 0.6) is 5.75 Å². The average molecular weight is 428 g/mol. The Hall–Kier alpha value is -2.83. The Kier molecular flexibility index (Phi) is 7.71. The molecule has 0 radical (unpaired) electrons. The molecule has 0 bridgehead atoms. The highest BCUT2D eigenvalue weighted by Crippen LogP contribution is 2.26. The first-order valence-electron chi connectivity index (χ1n) is 11.2. The highest BCUT2D eigenvalue weighted by Gasteiger charge is 2.30. The summed E-state index contributed by atoms with van der Waals surface area (Å²) in [5.41, 5.74) is 1.06. The second kappa shape index (κ2) is 10.5. The molecule has 2 amide bonds. The fourth-order valence-electron chi connectivity index (χ4n) is 4.42. The molecule has 0 spiro atoms. The average Bonchev–Trinajstić information content (AvgIpc) is 3.22. The zero-order valence-corrected chi connectivity index (χ0v) is 18.8. The fourth-order valence-corrected chi connectivity index (χ4v) is 4.42. The summed E-state index contributed by atoms with van der Waals surface area (Å²) in [6.07, 6.45) is 7.11. The van der Waals surface area contributed by atoms with Gasteiger partial charge in [-0.2, -0.15) is 0 Å². The predicted octanol–water partition coefficient (Wildman–Crippen LogP) is 3.64. The Morgan fingerprint density at radius 1 is 1.06 bits per heavy atom. The molecule has 1 aromatic heterocycles. The molecule has 1 aromatic carbocycles. The zero-order valence-electron chi connectivity index (χ0n) is 18.8. The van der Waals surface area contributed by atoms with Crippen molar-refractivity contribution in [3.05, 3.63) is 30.0 Å². The number of benzene rings is 1. The van der Waals surface area contributed by atoms with Crippen LogP contribution in [0, 0.1) is 5.92 Å². The SMILES string of the molecule is CCN(CC)C(=O)CN(CC1CCCCC1)C(=O)C(=O)c1c[nH]c2cc(OC)ccc12. The first-order chi connectivity index (χ1) is 15.0. The van der Waals surface area contributed by atoms with E-state index in [-0.39, 0.29) is 12.5 Å². The summed E-state index contributed by atoms with van der Waals surface area (Å²) in [4.78, 5) is 45.4. The highest BCUT2D eigenvalue weighted by molar-refractivity contribution is 6.45. The maximum atomic E-state index is 13.3. The van der Waals surface area contributed by atoms with Crippen molar-refractivity contribution in [3.63, 3.8) is 0 Å². The van der Waals surface area contributed by atoms with Gasteiger partial charge in [0.25, 0.3) is 11.7 Å². The van der Waals surface area contributed by atoms with Gasteiger partial charge in [0.2, 0.25) is 5.91 Å². The van der Waals surface area contributed by atoms with Gasteiger partial charge in [-0.25, -0.2) is 0 Å². The normalized spacial score (nSPS) is 14.4. The minimum absolute atomic E-state index is 0.0566. The number of amides is 2. The second-order valence-corrected chi connectivity index (χ2v) is 8.20. The molecule has 1 heterocycles. The summed E-state index contributed by atoms with van der Waals surface area (Å²) in [6.45, 7) is 5.39. The van der Waals surface area contributed by atoms with E-state index in [0.717, 1.165) is 31.2 Å². The van der Waals surface area contributed by atoms with Gasteiger partial charge < -0.3 is 19.5 Å². The number of hydrogen-bond donors (Lipinski definition) is 1. The van der Waals surface area contributed by atoms with E-state index in [4.69, 9.17) is 4.74 Å². The number of nitrogens with zero attached hydrogens (tertiary/aromatic N) is 2. The fraction of sp³-hybridized carbons (Fsp3) is 0.542. The van der Waals surface area contributed by atoms with Gasteiger partial charge in [0.1, 0.15) is 12.3 Å². The molecule has 1 saturated carbocycles. The van der Waals surface area contributed by atoms with Crippen LogP contribution in [-0.4, -0.2) is 65.7 Å². The number of aromatic nitrogens is 1. The number of aromatic amines is 1. The molecule has 7 heteroatoms. The van der Waals surface area contributed by atoms with Crippen molar-refractivity contribution in [1.82, 2.24) is 14.8 Å². The lowest BCUT2D eigenvalue weighted by Crippen LogP contribution is -2.47. The molecule has 2 aromatic rings. The maximum Gasteiger partial charge on any atom is 0.295 e. The Labute approximate surface area is 183 Å². The standard InChI is InChI=1S/C24H33N3O4/c1-4-26(5-2)22(28)16-27(15-17-9-7-6-8-10-17)24(30)23(29)20-14-25-21-13-18(31-3)11-12-19(20)21/h11-14,17,25H,4-10,15-16H2,1-3H3. The molecule has 1 fully saturated rings. The Balaban J connectivity index is 1.83. The van der Waals surface area contributed by atoms with Gasteiger partial charge in [0, 0.05) is 42.8 Å². The van der Waals surface area contributed by atoms with Crippen molar-refractivity contribution >= 4 is 28.5 Å². The van der Waals surface area contributed by atoms with Gasteiger partial charge >= 0.3 is 0 Å². The summed E-state index contributed by atoms with van der Waals surface area (Å²) in [5, 5.41) is 0.673. The third-order valence-corrected chi connectivity index (χ3v) is 6.26. The van der Waals surface area contributed by atoms with Crippen LogP contribution in [0.1, 0.15) is 56.3 Å². The number of carbonyl (C=O) groups excluding carboxylic acids is 3. The van der Waals surface area contributed by atoms with Crippen LogP contribution in [0.25, 0.3) is 10.9 Å². The summed E-state index contributed by atoms with van der Waals surface area (Å²) in [6, 6.07) is 5.33. The monoisotopic (exact) mass is 427 g/mol. The molecule has 0 atom stereocenters. The van der Waals surface area contributed by atoms with E-state index in [9.17, 15) is 14.4 Å². The third kappa shape index (κ3) is 5.27. The molecule has 7 nitrogen and oxygen atoms in total. The topological polar surface area (TPSA) is 82.7 Å². The number of hydrogen-bond acceptors (Lipinski definition) is 4. The van der Waals surface area contributed by atoms with Crippen molar-refractivity contribution < 1.29 is 19.1 Å². The zero-order chi connectivity index (χ0) is 22.4. The number of H-pyrrole nitrogens is 1. The van der Waals surface area contributed by atoms with Crippen LogP contribution in [0.15, 0.2) is 24.4 Å². The van der Waals surface area contributed by atoms with E-state index in [1.54, 1.807) is 36.4 Å². The number of fused-ring (bicyclic) bond motifs is 1. The first-order valence-corrected chi connectivity index (χ1v) is 11.2. The minimum Gasteiger partial charge on any atom is -0.497 e. The third-order valence-electron chi connectivity index (χ3n) is 6.26. The van der Waals surface area contributed by atoms with Crippen LogP contribution in [0.3, 0.4) is 0 Å². The summed E-state index contributed by atoms with van der Waals surface area (Å²) >= 11 is 0. The summed E-state index contributed by atoms with van der Waals surface area (Å²) < 4.78 is 5.23. The molecule has 1 aliphatic carbocycles. The number of nitrogens with one attached hydrogen (secondary N) is 1. The van der Waals surface area contributed by atoms with Crippen molar-refractivity contribution in [2.45, 2.75) is 46.0 Å². The van der Waals surface area contributed by atoms with Gasteiger partial charge in [0.05, 0.1) is 12.7 Å². The summed E-state index contributed by atoms with van der Waals surface area (Å²) in [5.74, 6) is -0.307. The van der Waals surface area contributed by atoms with Gasteiger partial charge in [-0.3, -0.25) is 14.4 Å². The van der Waals surface area contributed by atoms with E-state index >= 15 is 0 Å². The maximum absolute atomic E-state index is 13.3.